The molecule has 3 rings (SSSR count). The Hall–Kier alpha value is -1.79. The summed E-state index contributed by atoms with van der Waals surface area (Å²) >= 11 is 1.41. The largest absolute Gasteiger partial charge is 0.368 e. The Bertz CT molecular complexity index is 635. The third kappa shape index (κ3) is 3.65. The number of hydrogen-bond acceptors (Lipinski definition) is 5. The van der Waals surface area contributed by atoms with Crippen molar-refractivity contribution in [2.75, 3.05) is 11.9 Å². The van der Waals surface area contributed by atoms with E-state index >= 15 is 0 Å². The van der Waals surface area contributed by atoms with Gasteiger partial charge in [0.1, 0.15) is 11.1 Å². The molecule has 1 amide bonds. The minimum absolute atomic E-state index is 0.120. The Morgan fingerprint density at radius 2 is 2.38 bits per heavy atom. The monoisotopic (exact) mass is 303 g/mol. The zero-order valence-corrected chi connectivity index (χ0v) is 12.7. The molecule has 1 fully saturated rings. The summed E-state index contributed by atoms with van der Waals surface area (Å²) in [5, 5.41) is 12.4. The van der Waals surface area contributed by atoms with Crippen molar-refractivity contribution in [2.24, 2.45) is 0 Å². The van der Waals surface area contributed by atoms with Gasteiger partial charge in [-0.2, -0.15) is 0 Å². The second kappa shape index (κ2) is 6.32. The van der Waals surface area contributed by atoms with Gasteiger partial charge in [0.2, 0.25) is 5.13 Å². The number of carbonyl (C=O) groups excluding carboxylic acids is 1. The van der Waals surface area contributed by atoms with Crippen LogP contribution in [0.3, 0.4) is 0 Å². The summed E-state index contributed by atoms with van der Waals surface area (Å²) in [6, 6.07) is 8.30. The van der Waals surface area contributed by atoms with Crippen LogP contribution in [-0.4, -0.2) is 28.8 Å². The summed E-state index contributed by atoms with van der Waals surface area (Å²) in [4.78, 5) is 11.9. The number of hydrogen-bond donors (Lipinski definition) is 1. The summed E-state index contributed by atoms with van der Waals surface area (Å²) in [7, 11) is 0. The number of benzene rings is 1. The van der Waals surface area contributed by atoms with Gasteiger partial charge in [0.15, 0.2) is 0 Å². The van der Waals surface area contributed by atoms with Gasteiger partial charge in [-0.3, -0.25) is 10.1 Å². The number of rotatable bonds is 4. The van der Waals surface area contributed by atoms with E-state index in [1.165, 1.54) is 22.5 Å². The molecule has 2 heterocycles. The van der Waals surface area contributed by atoms with E-state index < -0.39 is 0 Å². The van der Waals surface area contributed by atoms with Crippen LogP contribution in [0.15, 0.2) is 24.3 Å². The van der Waals surface area contributed by atoms with Crippen molar-refractivity contribution in [1.29, 1.82) is 0 Å². The van der Waals surface area contributed by atoms with Crippen molar-refractivity contribution in [1.82, 2.24) is 10.2 Å². The van der Waals surface area contributed by atoms with Gasteiger partial charge in [-0.05, 0) is 25.3 Å². The minimum Gasteiger partial charge on any atom is -0.368 e. The van der Waals surface area contributed by atoms with Crippen LogP contribution in [0.25, 0.3) is 0 Å². The quantitative estimate of drug-likeness (QED) is 0.943. The van der Waals surface area contributed by atoms with Crippen molar-refractivity contribution >= 4 is 22.4 Å². The predicted molar refractivity (Wildman–Crippen MR) is 81.5 cm³/mol. The predicted octanol–water partition coefficient (Wildman–Crippen LogP) is 2.55. The number of carbonyl (C=O) groups is 1. The molecule has 0 aliphatic carbocycles. The van der Waals surface area contributed by atoms with Crippen molar-refractivity contribution < 1.29 is 9.53 Å². The van der Waals surface area contributed by atoms with Gasteiger partial charge in [-0.25, -0.2) is 0 Å². The molecular formula is C15H17N3O2S. The molecule has 5 nitrogen and oxygen atoms in total. The fourth-order valence-electron chi connectivity index (χ4n) is 2.34. The zero-order valence-electron chi connectivity index (χ0n) is 11.8. The average molecular weight is 303 g/mol. The zero-order chi connectivity index (χ0) is 14.7. The lowest BCUT2D eigenvalue weighted by molar-refractivity contribution is -0.124. The Morgan fingerprint density at radius 1 is 1.48 bits per heavy atom. The molecule has 1 saturated heterocycles. The van der Waals surface area contributed by atoms with E-state index in [2.05, 4.69) is 40.6 Å². The molecule has 1 unspecified atom stereocenters. The molecule has 1 aliphatic rings. The van der Waals surface area contributed by atoms with Crippen LogP contribution in [0.5, 0.6) is 0 Å². The lowest BCUT2D eigenvalue weighted by Gasteiger charge is -2.07. The summed E-state index contributed by atoms with van der Waals surface area (Å²) in [6.45, 7) is 2.73. The second-order valence-corrected chi connectivity index (χ2v) is 6.22. The number of aryl methyl sites for hydroxylation is 1. The fraction of sp³-hybridized carbons (Fsp3) is 0.400. The smallest absolute Gasteiger partial charge is 0.255 e. The molecule has 0 saturated carbocycles. The SMILES string of the molecule is Cc1cccc(Cc2nnc(NC(=O)C3CCCO3)s2)c1. The standard InChI is InChI=1S/C15H17N3O2S/c1-10-4-2-5-11(8-10)9-13-17-18-15(21-13)16-14(19)12-6-3-7-20-12/h2,4-5,8,12H,3,6-7,9H2,1H3,(H,16,18,19). The molecular weight excluding hydrogens is 286 g/mol. The van der Waals surface area contributed by atoms with E-state index in [9.17, 15) is 4.79 Å². The maximum absolute atomic E-state index is 11.9. The molecule has 1 aromatic carbocycles. The Labute approximate surface area is 127 Å². The Kier molecular flexibility index (Phi) is 4.26. The first-order valence-corrected chi connectivity index (χ1v) is 7.83. The maximum Gasteiger partial charge on any atom is 0.255 e. The Morgan fingerprint density at radius 3 is 3.14 bits per heavy atom. The van der Waals surface area contributed by atoms with Crippen molar-refractivity contribution in [3.05, 3.63) is 40.4 Å². The first-order chi connectivity index (χ1) is 10.2. The van der Waals surface area contributed by atoms with E-state index in [1.54, 1.807) is 0 Å². The van der Waals surface area contributed by atoms with E-state index in [1.807, 2.05) is 6.07 Å². The molecule has 21 heavy (non-hydrogen) atoms. The van der Waals surface area contributed by atoms with Gasteiger partial charge < -0.3 is 4.74 Å². The summed E-state index contributed by atoms with van der Waals surface area (Å²) < 4.78 is 5.35. The van der Waals surface area contributed by atoms with Crippen LogP contribution < -0.4 is 5.32 Å². The fourth-order valence-corrected chi connectivity index (χ4v) is 3.12. The summed E-state index contributed by atoms with van der Waals surface area (Å²) in [5.74, 6) is -0.120. The van der Waals surface area contributed by atoms with Gasteiger partial charge in [0, 0.05) is 13.0 Å². The lowest BCUT2D eigenvalue weighted by atomic mass is 10.1. The number of nitrogens with zero attached hydrogens (tertiary/aromatic N) is 2. The molecule has 110 valence electrons. The van der Waals surface area contributed by atoms with Gasteiger partial charge in [0.25, 0.3) is 5.91 Å². The normalized spacial score (nSPS) is 17.9. The van der Waals surface area contributed by atoms with E-state index in [4.69, 9.17) is 4.74 Å². The molecule has 6 heteroatoms. The van der Waals surface area contributed by atoms with Crippen LogP contribution in [-0.2, 0) is 16.0 Å². The van der Waals surface area contributed by atoms with E-state index in [0.29, 0.717) is 11.7 Å². The van der Waals surface area contributed by atoms with Crippen LogP contribution >= 0.6 is 11.3 Å². The molecule has 1 aliphatic heterocycles. The van der Waals surface area contributed by atoms with Crippen LogP contribution in [0, 0.1) is 6.92 Å². The van der Waals surface area contributed by atoms with Gasteiger partial charge in [-0.1, -0.05) is 41.2 Å². The number of ether oxygens (including phenoxy) is 1. The highest BCUT2D eigenvalue weighted by Gasteiger charge is 2.24. The number of aromatic nitrogens is 2. The molecule has 2 aromatic rings. The minimum atomic E-state index is -0.339. The van der Waals surface area contributed by atoms with Gasteiger partial charge >= 0.3 is 0 Å². The van der Waals surface area contributed by atoms with Crippen LogP contribution in [0.2, 0.25) is 0 Å². The summed E-state index contributed by atoms with van der Waals surface area (Å²) in [5.41, 5.74) is 2.42. The number of anilines is 1. The number of amides is 1. The van der Waals surface area contributed by atoms with Crippen LogP contribution in [0.1, 0.15) is 29.0 Å². The highest BCUT2D eigenvalue weighted by Crippen LogP contribution is 2.20. The lowest BCUT2D eigenvalue weighted by Crippen LogP contribution is -2.26. The van der Waals surface area contributed by atoms with Gasteiger partial charge in [-0.15, -0.1) is 10.2 Å². The molecule has 1 aromatic heterocycles. The third-order valence-corrected chi connectivity index (χ3v) is 4.20. The number of nitrogens with one attached hydrogen (secondary N) is 1. The molecule has 0 spiro atoms. The molecule has 1 N–H and O–H groups in total. The topological polar surface area (TPSA) is 64.1 Å². The second-order valence-electron chi connectivity index (χ2n) is 5.16. The first kappa shape index (κ1) is 14.2. The van der Waals surface area contributed by atoms with E-state index in [0.717, 1.165) is 24.3 Å². The first-order valence-electron chi connectivity index (χ1n) is 7.01. The average Bonchev–Trinajstić information content (AvgIpc) is 3.10. The van der Waals surface area contributed by atoms with E-state index in [-0.39, 0.29) is 12.0 Å². The molecule has 1 atom stereocenters. The van der Waals surface area contributed by atoms with Crippen molar-refractivity contribution in [3.63, 3.8) is 0 Å². The molecule has 0 bridgehead atoms. The maximum atomic E-state index is 11.9. The van der Waals surface area contributed by atoms with Crippen molar-refractivity contribution in [2.45, 2.75) is 32.3 Å². The highest BCUT2D eigenvalue weighted by atomic mass is 32.1. The molecule has 0 radical (unpaired) electrons. The highest BCUT2D eigenvalue weighted by molar-refractivity contribution is 7.15. The Balaban J connectivity index is 1.62. The van der Waals surface area contributed by atoms with Crippen LogP contribution in [0.4, 0.5) is 5.13 Å². The van der Waals surface area contributed by atoms with Gasteiger partial charge in [0.05, 0.1) is 0 Å². The summed E-state index contributed by atoms with van der Waals surface area (Å²) in [6.07, 6.45) is 2.11. The third-order valence-electron chi connectivity index (χ3n) is 3.36. The van der Waals surface area contributed by atoms with Crippen molar-refractivity contribution in [3.8, 4) is 0 Å².